The number of para-hydroxylation sites is 1. The number of hydrazine groups is 1. The van der Waals surface area contributed by atoms with Crippen molar-refractivity contribution < 1.29 is 9.47 Å². The van der Waals surface area contributed by atoms with Crippen LogP contribution in [0.2, 0.25) is 0 Å². The van der Waals surface area contributed by atoms with Crippen molar-refractivity contribution >= 4 is 0 Å². The Morgan fingerprint density at radius 3 is 2.75 bits per heavy atom. The van der Waals surface area contributed by atoms with Crippen molar-refractivity contribution in [3.63, 3.8) is 0 Å². The molecule has 0 radical (unpaired) electrons. The van der Waals surface area contributed by atoms with Crippen molar-refractivity contribution in [1.82, 2.24) is 5.43 Å². The van der Waals surface area contributed by atoms with Crippen LogP contribution in [0.1, 0.15) is 28.3 Å². The number of hydrogen-bond donors (Lipinski definition) is 2. The summed E-state index contributed by atoms with van der Waals surface area (Å²) in [5.74, 6) is 6.59. The first kappa shape index (κ1) is 13.1. The van der Waals surface area contributed by atoms with Crippen LogP contribution in [0.5, 0.6) is 5.75 Å². The molecular formula is C16H18N2O2. The van der Waals surface area contributed by atoms with E-state index in [0.29, 0.717) is 13.2 Å². The predicted octanol–water partition coefficient (Wildman–Crippen LogP) is 2.28. The van der Waals surface area contributed by atoms with Crippen molar-refractivity contribution in [2.75, 3.05) is 7.11 Å². The second-order valence-electron chi connectivity index (χ2n) is 4.86. The van der Waals surface area contributed by atoms with Gasteiger partial charge in [0.05, 0.1) is 26.4 Å². The zero-order valence-corrected chi connectivity index (χ0v) is 11.4. The van der Waals surface area contributed by atoms with E-state index < -0.39 is 0 Å². The Morgan fingerprint density at radius 1 is 1.15 bits per heavy atom. The van der Waals surface area contributed by atoms with Gasteiger partial charge in [-0.25, -0.2) is 5.43 Å². The molecule has 4 nitrogen and oxygen atoms in total. The van der Waals surface area contributed by atoms with Gasteiger partial charge in [0.1, 0.15) is 5.75 Å². The van der Waals surface area contributed by atoms with E-state index in [2.05, 4.69) is 23.6 Å². The van der Waals surface area contributed by atoms with Gasteiger partial charge in [-0.2, -0.15) is 0 Å². The Kier molecular flexibility index (Phi) is 3.69. The highest BCUT2D eigenvalue weighted by atomic mass is 16.5. The molecule has 20 heavy (non-hydrogen) atoms. The monoisotopic (exact) mass is 270 g/mol. The van der Waals surface area contributed by atoms with Gasteiger partial charge in [-0.1, -0.05) is 36.4 Å². The summed E-state index contributed by atoms with van der Waals surface area (Å²) in [7, 11) is 1.67. The number of nitrogens with two attached hydrogens (primary N) is 1. The van der Waals surface area contributed by atoms with Crippen LogP contribution in [0, 0.1) is 0 Å². The highest BCUT2D eigenvalue weighted by molar-refractivity contribution is 5.44. The number of ether oxygens (including phenoxy) is 2. The first-order valence-electron chi connectivity index (χ1n) is 6.62. The Bertz CT molecular complexity index is 613. The topological polar surface area (TPSA) is 56.5 Å². The average molecular weight is 270 g/mol. The molecule has 0 aliphatic carbocycles. The van der Waals surface area contributed by atoms with Crippen LogP contribution < -0.4 is 16.0 Å². The summed E-state index contributed by atoms with van der Waals surface area (Å²) in [5, 5.41) is 0. The van der Waals surface area contributed by atoms with E-state index in [1.807, 2.05) is 24.3 Å². The third-order valence-corrected chi connectivity index (χ3v) is 3.70. The molecule has 104 valence electrons. The molecule has 2 aromatic carbocycles. The summed E-state index contributed by atoms with van der Waals surface area (Å²) < 4.78 is 10.9. The first-order chi connectivity index (χ1) is 9.83. The van der Waals surface area contributed by atoms with Gasteiger partial charge in [0.25, 0.3) is 0 Å². The molecule has 3 N–H and O–H groups in total. The fraction of sp³-hybridized carbons (Fsp3) is 0.250. The summed E-state index contributed by atoms with van der Waals surface area (Å²) in [4.78, 5) is 0. The molecule has 0 spiro atoms. The first-order valence-corrected chi connectivity index (χ1v) is 6.62. The van der Waals surface area contributed by atoms with Crippen LogP contribution in [-0.2, 0) is 18.0 Å². The molecule has 0 saturated carbocycles. The lowest BCUT2D eigenvalue weighted by Gasteiger charge is -2.20. The number of hydrogen-bond acceptors (Lipinski definition) is 4. The van der Waals surface area contributed by atoms with E-state index in [0.717, 1.165) is 16.9 Å². The summed E-state index contributed by atoms with van der Waals surface area (Å²) in [6.45, 7) is 1.37. The van der Waals surface area contributed by atoms with Crippen molar-refractivity contribution in [1.29, 1.82) is 0 Å². The fourth-order valence-electron chi connectivity index (χ4n) is 2.64. The highest BCUT2D eigenvalue weighted by Crippen LogP contribution is 2.31. The molecule has 1 heterocycles. The van der Waals surface area contributed by atoms with E-state index >= 15 is 0 Å². The smallest absolute Gasteiger partial charge is 0.124 e. The molecule has 4 heteroatoms. The SMILES string of the molecule is COc1ccccc1C(NN)c1ccc2c(c1)COC2. The fourth-order valence-corrected chi connectivity index (χ4v) is 2.64. The van der Waals surface area contributed by atoms with Crippen molar-refractivity contribution in [3.05, 3.63) is 64.7 Å². The largest absolute Gasteiger partial charge is 0.496 e. The minimum Gasteiger partial charge on any atom is -0.496 e. The minimum atomic E-state index is -0.1000. The maximum atomic E-state index is 5.77. The normalized spacial score (nSPS) is 14.9. The second kappa shape index (κ2) is 5.63. The molecule has 0 saturated heterocycles. The summed E-state index contributed by atoms with van der Waals surface area (Å²) in [5.41, 5.74) is 7.50. The van der Waals surface area contributed by atoms with Crippen LogP contribution in [0.3, 0.4) is 0 Å². The van der Waals surface area contributed by atoms with Crippen LogP contribution >= 0.6 is 0 Å². The zero-order chi connectivity index (χ0) is 13.9. The van der Waals surface area contributed by atoms with Gasteiger partial charge in [-0.3, -0.25) is 5.84 Å². The maximum Gasteiger partial charge on any atom is 0.124 e. The van der Waals surface area contributed by atoms with E-state index in [-0.39, 0.29) is 6.04 Å². The number of benzene rings is 2. The van der Waals surface area contributed by atoms with E-state index in [1.165, 1.54) is 11.1 Å². The van der Waals surface area contributed by atoms with E-state index in [1.54, 1.807) is 7.11 Å². The van der Waals surface area contributed by atoms with Crippen molar-refractivity contribution in [2.45, 2.75) is 19.3 Å². The molecule has 1 unspecified atom stereocenters. The number of nitrogens with one attached hydrogen (secondary N) is 1. The lowest BCUT2D eigenvalue weighted by molar-refractivity contribution is 0.134. The third kappa shape index (κ3) is 2.29. The van der Waals surface area contributed by atoms with Gasteiger partial charge in [0, 0.05) is 5.56 Å². The van der Waals surface area contributed by atoms with Gasteiger partial charge >= 0.3 is 0 Å². The quantitative estimate of drug-likeness (QED) is 0.661. The standard InChI is InChI=1S/C16H18N2O2/c1-19-15-5-3-2-4-14(15)16(18-17)11-6-7-12-9-20-10-13(12)8-11/h2-8,16,18H,9-10,17H2,1H3. The molecule has 1 aliphatic heterocycles. The Hall–Kier alpha value is -1.88. The Balaban J connectivity index is 2.01. The molecule has 0 aromatic heterocycles. The van der Waals surface area contributed by atoms with Crippen LogP contribution in [0.15, 0.2) is 42.5 Å². The predicted molar refractivity (Wildman–Crippen MR) is 77.1 cm³/mol. The van der Waals surface area contributed by atoms with Gasteiger partial charge in [0.2, 0.25) is 0 Å². The lowest BCUT2D eigenvalue weighted by Crippen LogP contribution is -2.29. The van der Waals surface area contributed by atoms with Crippen LogP contribution in [0.25, 0.3) is 0 Å². The zero-order valence-electron chi connectivity index (χ0n) is 11.4. The average Bonchev–Trinajstić information content (AvgIpc) is 2.96. The molecule has 0 amide bonds. The van der Waals surface area contributed by atoms with Gasteiger partial charge in [-0.05, 0) is 22.8 Å². The Morgan fingerprint density at radius 2 is 1.95 bits per heavy atom. The summed E-state index contributed by atoms with van der Waals surface area (Å²) >= 11 is 0. The van der Waals surface area contributed by atoms with E-state index in [4.69, 9.17) is 15.3 Å². The highest BCUT2D eigenvalue weighted by Gasteiger charge is 2.19. The number of rotatable bonds is 4. The molecule has 0 fully saturated rings. The summed E-state index contributed by atoms with van der Waals surface area (Å²) in [6.07, 6.45) is 0. The lowest BCUT2D eigenvalue weighted by atomic mass is 9.95. The molecular weight excluding hydrogens is 252 g/mol. The minimum absolute atomic E-state index is 0.1000. The molecule has 1 atom stereocenters. The van der Waals surface area contributed by atoms with Crippen LogP contribution in [-0.4, -0.2) is 7.11 Å². The molecule has 2 aromatic rings. The van der Waals surface area contributed by atoms with Crippen molar-refractivity contribution in [3.8, 4) is 5.75 Å². The maximum absolute atomic E-state index is 5.77. The third-order valence-electron chi connectivity index (χ3n) is 3.70. The van der Waals surface area contributed by atoms with Gasteiger partial charge in [0.15, 0.2) is 0 Å². The number of fused-ring (bicyclic) bond motifs is 1. The molecule has 1 aliphatic rings. The van der Waals surface area contributed by atoms with Gasteiger partial charge in [-0.15, -0.1) is 0 Å². The van der Waals surface area contributed by atoms with Gasteiger partial charge < -0.3 is 9.47 Å². The van der Waals surface area contributed by atoms with Crippen LogP contribution in [0.4, 0.5) is 0 Å². The van der Waals surface area contributed by atoms with E-state index in [9.17, 15) is 0 Å². The molecule has 0 bridgehead atoms. The second-order valence-corrected chi connectivity index (χ2v) is 4.86. The van der Waals surface area contributed by atoms with Crippen molar-refractivity contribution in [2.24, 2.45) is 5.84 Å². The molecule has 3 rings (SSSR count). The summed E-state index contributed by atoms with van der Waals surface area (Å²) in [6, 6.07) is 14.1. The number of methoxy groups -OCH3 is 1. The Labute approximate surface area is 118 Å².